The molecule has 2 aromatic rings. The number of aromatic carboxylic acids is 1. The van der Waals surface area contributed by atoms with Crippen molar-refractivity contribution in [3.63, 3.8) is 0 Å². The molecule has 0 amide bonds. The van der Waals surface area contributed by atoms with Crippen LogP contribution < -0.4 is 5.32 Å². The van der Waals surface area contributed by atoms with E-state index in [-0.39, 0.29) is 17.1 Å². The van der Waals surface area contributed by atoms with E-state index >= 15 is 0 Å². The summed E-state index contributed by atoms with van der Waals surface area (Å²) in [6.07, 6.45) is 1.29. The third-order valence-electron chi connectivity index (χ3n) is 2.62. The molecule has 0 bridgehead atoms. The van der Waals surface area contributed by atoms with E-state index < -0.39 is 11.8 Å². The Labute approximate surface area is 109 Å². The standard InChI is InChI=1S/C13H12FN3O2/c1-8-11(14)12(17-7-16-8)15-6-9-2-4-10(5-3-9)13(18)19/h2-5,7H,6H2,1H3,(H,18,19)(H,15,16,17). The van der Waals surface area contributed by atoms with Gasteiger partial charge in [-0.15, -0.1) is 0 Å². The van der Waals surface area contributed by atoms with E-state index in [0.717, 1.165) is 5.56 Å². The molecule has 0 atom stereocenters. The van der Waals surface area contributed by atoms with Gasteiger partial charge in [0.1, 0.15) is 6.33 Å². The number of nitrogens with zero attached hydrogens (tertiary/aromatic N) is 2. The molecule has 6 heteroatoms. The van der Waals surface area contributed by atoms with Crippen LogP contribution >= 0.6 is 0 Å². The van der Waals surface area contributed by atoms with Gasteiger partial charge in [-0.25, -0.2) is 19.2 Å². The Morgan fingerprint density at radius 3 is 2.63 bits per heavy atom. The van der Waals surface area contributed by atoms with Crippen LogP contribution in [-0.2, 0) is 6.54 Å². The molecule has 0 saturated heterocycles. The maximum atomic E-state index is 13.6. The third kappa shape index (κ3) is 3.04. The van der Waals surface area contributed by atoms with Crippen molar-refractivity contribution in [1.82, 2.24) is 9.97 Å². The number of carboxylic acid groups (broad SMARTS) is 1. The zero-order valence-electron chi connectivity index (χ0n) is 10.2. The second kappa shape index (κ2) is 5.43. The predicted octanol–water partition coefficient (Wildman–Crippen LogP) is 2.23. The highest BCUT2D eigenvalue weighted by Gasteiger charge is 2.07. The maximum Gasteiger partial charge on any atom is 0.335 e. The van der Waals surface area contributed by atoms with Crippen molar-refractivity contribution >= 4 is 11.8 Å². The molecular weight excluding hydrogens is 249 g/mol. The minimum absolute atomic E-state index is 0.134. The van der Waals surface area contributed by atoms with Crippen molar-refractivity contribution in [2.75, 3.05) is 5.32 Å². The molecule has 19 heavy (non-hydrogen) atoms. The topological polar surface area (TPSA) is 75.1 Å². The lowest BCUT2D eigenvalue weighted by Gasteiger charge is -2.07. The molecule has 0 unspecified atom stereocenters. The normalized spacial score (nSPS) is 10.2. The Hall–Kier alpha value is -2.50. The van der Waals surface area contributed by atoms with Gasteiger partial charge in [-0.1, -0.05) is 12.1 Å². The Balaban J connectivity index is 2.06. The fourth-order valence-corrected chi connectivity index (χ4v) is 1.53. The average molecular weight is 261 g/mol. The molecule has 2 rings (SSSR count). The van der Waals surface area contributed by atoms with Crippen LogP contribution in [0, 0.1) is 12.7 Å². The summed E-state index contributed by atoms with van der Waals surface area (Å²) in [5.41, 5.74) is 1.33. The average Bonchev–Trinajstić information content (AvgIpc) is 2.41. The van der Waals surface area contributed by atoms with Gasteiger partial charge < -0.3 is 10.4 Å². The number of carboxylic acids is 1. The first kappa shape index (κ1) is 12.9. The number of anilines is 1. The summed E-state index contributed by atoms with van der Waals surface area (Å²) in [5.74, 6) is -1.32. The highest BCUT2D eigenvalue weighted by atomic mass is 19.1. The Bertz CT molecular complexity index is 599. The highest BCUT2D eigenvalue weighted by molar-refractivity contribution is 5.87. The van der Waals surface area contributed by atoms with Crippen LogP contribution in [0.2, 0.25) is 0 Å². The Kier molecular flexibility index (Phi) is 3.70. The van der Waals surface area contributed by atoms with Crippen LogP contribution in [0.25, 0.3) is 0 Å². The second-order valence-electron chi connectivity index (χ2n) is 3.98. The molecule has 0 aliphatic carbocycles. The van der Waals surface area contributed by atoms with Gasteiger partial charge in [-0.3, -0.25) is 0 Å². The van der Waals surface area contributed by atoms with Crippen molar-refractivity contribution in [2.45, 2.75) is 13.5 Å². The quantitative estimate of drug-likeness (QED) is 0.882. The van der Waals surface area contributed by atoms with Crippen LogP contribution in [0.1, 0.15) is 21.6 Å². The van der Waals surface area contributed by atoms with Crippen LogP contribution in [0.5, 0.6) is 0 Å². The SMILES string of the molecule is Cc1ncnc(NCc2ccc(C(=O)O)cc2)c1F. The first-order chi connectivity index (χ1) is 9.08. The van der Waals surface area contributed by atoms with Crippen LogP contribution in [0.15, 0.2) is 30.6 Å². The lowest BCUT2D eigenvalue weighted by atomic mass is 10.1. The first-order valence-electron chi connectivity index (χ1n) is 5.61. The molecule has 1 heterocycles. The third-order valence-corrected chi connectivity index (χ3v) is 2.62. The minimum Gasteiger partial charge on any atom is -0.478 e. The van der Waals surface area contributed by atoms with E-state index in [2.05, 4.69) is 15.3 Å². The molecular formula is C13H12FN3O2. The number of aromatic nitrogens is 2. The largest absolute Gasteiger partial charge is 0.478 e. The first-order valence-corrected chi connectivity index (χ1v) is 5.61. The molecule has 0 fully saturated rings. The van der Waals surface area contributed by atoms with Crippen molar-refractivity contribution in [3.8, 4) is 0 Å². The Morgan fingerprint density at radius 2 is 2.00 bits per heavy atom. The van der Waals surface area contributed by atoms with E-state index in [0.29, 0.717) is 6.54 Å². The molecule has 0 spiro atoms. The molecule has 1 aromatic carbocycles. The zero-order valence-corrected chi connectivity index (χ0v) is 10.2. The summed E-state index contributed by atoms with van der Waals surface area (Å²) >= 11 is 0. The fraction of sp³-hybridized carbons (Fsp3) is 0.154. The summed E-state index contributed by atoms with van der Waals surface area (Å²) in [6.45, 7) is 1.91. The maximum absolute atomic E-state index is 13.6. The zero-order chi connectivity index (χ0) is 13.8. The van der Waals surface area contributed by atoms with E-state index in [9.17, 15) is 9.18 Å². The van der Waals surface area contributed by atoms with E-state index in [4.69, 9.17) is 5.11 Å². The van der Waals surface area contributed by atoms with Gasteiger partial charge in [-0.2, -0.15) is 0 Å². The number of aryl methyl sites for hydroxylation is 1. The highest BCUT2D eigenvalue weighted by Crippen LogP contribution is 2.13. The van der Waals surface area contributed by atoms with Crippen molar-refractivity contribution < 1.29 is 14.3 Å². The van der Waals surface area contributed by atoms with Crippen LogP contribution in [0.4, 0.5) is 10.2 Å². The lowest BCUT2D eigenvalue weighted by molar-refractivity contribution is 0.0697. The summed E-state index contributed by atoms with van der Waals surface area (Å²) in [5, 5.41) is 11.6. The van der Waals surface area contributed by atoms with E-state index in [1.54, 1.807) is 19.1 Å². The summed E-state index contributed by atoms with van der Waals surface area (Å²) in [4.78, 5) is 18.2. The van der Waals surface area contributed by atoms with Gasteiger partial charge in [0.15, 0.2) is 11.6 Å². The summed E-state index contributed by atoms with van der Waals surface area (Å²) < 4.78 is 13.6. The molecule has 0 aliphatic heterocycles. The van der Waals surface area contributed by atoms with E-state index in [1.165, 1.54) is 18.5 Å². The van der Waals surface area contributed by atoms with Gasteiger partial charge in [0.05, 0.1) is 11.3 Å². The number of hydrogen-bond donors (Lipinski definition) is 2. The van der Waals surface area contributed by atoms with Gasteiger partial charge in [0.2, 0.25) is 0 Å². The molecule has 0 aliphatic rings. The number of halogens is 1. The monoisotopic (exact) mass is 261 g/mol. The molecule has 2 N–H and O–H groups in total. The van der Waals surface area contributed by atoms with Gasteiger partial charge in [0, 0.05) is 6.54 Å². The van der Waals surface area contributed by atoms with Crippen molar-refractivity contribution in [1.29, 1.82) is 0 Å². The van der Waals surface area contributed by atoms with E-state index in [1.807, 2.05) is 0 Å². The van der Waals surface area contributed by atoms with Gasteiger partial charge >= 0.3 is 5.97 Å². The molecule has 5 nitrogen and oxygen atoms in total. The lowest BCUT2D eigenvalue weighted by Crippen LogP contribution is -2.06. The number of rotatable bonds is 4. The second-order valence-corrected chi connectivity index (χ2v) is 3.98. The predicted molar refractivity (Wildman–Crippen MR) is 67.5 cm³/mol. The summed E-state index contributed by atoms with van der Waals surface area (Å²) in [6, 6.07) is 6.34. The van der Waals surface area contributed by atoms with Gasteiger partial charge in [0.25, 0.3) is 0 Å². The van der Waals surface area contributed by atoms with Crippen molar-refractivity contribution in [2.24, 2.45) is 0 Å². The fourth-order valence-electron chi connectivity index (χ4n) is 1.53. The number of carbonyl (C=O) groups is 1. The summed E-state index contributed by atoms with van der Waals surface area (Å²) in [7, 11) is 0. The smallest absolute Gasteiger partial charge is 0.335 e. The molecule has 1 aromatic heterocycles. The number of hydrogen-bond acceptors (Lipinski definition) is 4. The van der Waals surface area contributed by atoms with Gasteiger partial charge in [-0.05, 0) is 24.6 Å². The number of benzene rings is 1. The Morgan fingerprint density at radius 1 is 1.32 bits per heavy atom. The number of nitrogens with one attached hydrogen (secondary N) is 1. The minimum atomic E-state index is -0.975. The molecule has 0 radical (unpaired) electrons. The van der Waals surface area contributed by atoms with Crippen LogP contribution in [-0.4, -0.2) is 21.0 Å². The molecule has 0 saturated carbocycles. The molecule has 98 valence electrons. The van der Waals surface area contributed by atoms with Crippen LogP contribution in [0.3, 0.4) is 0 Å². The van der Waals surface area contributed by atoms with Crippen molar-refractivity contribution in [3.05, 3.63) is 53.2 Å².